The van der Waals surface area contributed by atoms with Gasteiger partial charge in [-0.25, -0.2) is 4.98 Å². The molecule has 0 bridgehead atoms. The molecule has 0 radical (unpaired) electrons. The van der Waals surface area contributed by atoms with Crippen molar-refractivity contribution in [1.82, 2.24) is 19.5 Å². The number of nitrogens with one attached hydrogen (secondary N) is 1. The molecular weight excluding hydrogens is 516 g/mol. The zero-order valence-corrected chi connectivity index (χ0v) is 21.3. The molecule has 1 aromatic carbocycles. The van der Waals surface area contributed by atoms with Gasteiger partial charge >= 0.3 is 23.9 Å². The Morgan fingerprint density at radius 2 is 1.74 bits per heavy atom. The van der Waals surface area contributed by atoms with Crippen LogP contribution >= 0.6 is 0 Å². The summed E-state index contributed by atoms with van der Waals surface area (Å²) in [4.78, 5) is 58.5. The van der Waals surface area contributed by atoms with Crippen molar-refractivity contribution in [3.63, 3.8) is 0 Å². The summed E-state index contributed by atoms with van der Waals surface area (Å²) in [5.41, 5.74) is 1.26. The quantitative estimate of drug-likeness (QED) is 0.169. The number of nitro groups is 1. The Hall–Kier alpha value is -4.66. The summed E-state index contributed by atoms with van der Waals surface area (Å²) in [6.07, 6.45) is -2.67. The van der Waals surface area contributed by atoms with Gasteiger partial charge in [0, 0.05) is 27.3 Å². The fourth-order valence-corrected chi connectivity index (χ4v) is 4.18. The molecule has 0 spiro atoms. The van der Waals surface area contributed by atoms with Gasteiger partial charge in [0.25, 0.3) is 0 Å². The number of esters is 3. The lowest BCUT2D eigenvalue weighted by atomic mass is 10.1. The van der Waals surface area contributed by atoms with Crippen molar-refractivity contribution in [2.45, 2.75) is 51.7 Å². The first-order valence-corrected chi connectivity index (χ1v) is 11.9. The van der Waals surface area contributed by atoms with E-state index in [-0.39, 0.29) is 23.6 Å². The second kappa shape index (κ2) is 11.8. The Bertz CT molecular complexity index is 1380. The molecule has 15 heteroatoms. The summed E-state index contributed by atoms with van der Waals surface area (Å²) < 4.78 is 23.2. The maximum Gasteiger partial charge on any atom is 0.473 e. The standard InChI is InChI=1S/C24H26N6O9/c1-13(31)36-11-17-19(37-14(2)32)20(38-15(3)33)23(39-17)29-12-26-18-21(27-24(30(34)35)28-22(18)29)25-10-9-16-7-5-4-6-8-16/h4-8,12,17,19-20,23H,9-11H2,1-3H3,(H,25,27,28)/t17-,19-,20+,23-/m1/s1. The number of rotatable bonds is 10. The highest BCUT2D eigenvalue weighted by Gasteiger charge is 2.51. The minimum Gasteiger partial charge on any atom is -0.463 e. The predicted octanol–water partition coefficient (Wildman–Crippen LogP) is 1.71. The van der Waals surface area contributed by atoms with E-state index in [0.29, 0.717) is 13.0 Å². The fraction of sp³-hybridized carbons (Fsp3) is 0.417. The van der Waals surface area contributed by atoms with E-state index in [0.717, 1.165) is 19.4 Å². The second-order valence-corrected chi connectivity index (χ2v) is 8.63. The lowest BCUT2D eigenvalue weighted by Crippen LogP contribution is -2.40. The number of ether oxygens (including phenoxy) is 4. The number of hydrogen-bond donors (Lipinski definition) is 1. The highest BCUT2D eigenvalue weighted by atomic mass is 16.7. The Kier molecular flexibility index (Phi) is 8.29. The van der Waals surface area contributed by atoms with Crippen LogP contribution in [0.4, 0.5) is 11.8 Å². The highest BCUT2D eigenvalue weighted by Crippen LogP contribution is 2.37. The van der Waals surface area contributed by atoms with E-state index >= 15 is 0 Å². The number of benzene rings is 1. The van der Waals surface area contributed by atoms with Crippen molar-refractivity contribution in [3.05, 3.63) is 52.3 Å². The van der Waals surface area contributed by atoms with Crippen LogP contribution in [0.5, 0.6) is 0 Å². The number of carbonyl (C=O) groups excluding carboxylic acids is 3. The van der Waals surface area contributed by atoms with Crippen LogP contribution in [0, 0.1) is 10.1 Å². The van der Waals surface area contributed by atoms with Crippen molar-refractivity contribution in [2.24, 2.45) is 0 Å². The molecule has 0 saturated carbocycles. The fourth-order valence-electron chi connectivity index (χ4n) is 4.18. The highest BCUT2D eigenvalue weighted by molar-refractivity contribution is 5.84. The van der Waals surface area contributed by atoms with Crippen LogP contribution in [-0.2, 0) is 39.8 Å². The number of hydrogen-bond acceptors (Lipinski definition) is 13. The van der Waals surface area contributed by atoms with Crippen molar-refractivity contribution >= 4 is 40.8 Å². The van der Waals surface area contributed by atoms with Crippen molar-refractivity contribution in [3.8, 4) is 0 Å². The molecule has 206 valence electrons. The van der Waals surface area contributed by atoms with Crippen LogP contribution in [0.3, 0.4) is 0 Å². The topological polar surface area (TPSA) is 187 Å². The first-order chi connectivity index (χ1) is 18.6. The van der Waals surface area contributed by atoms with Crippen LogP contribution in [0.25, 0.3) is 11.2 Å². The molecule has 1 saturated heterocycles. The van der Waals surface area contributed by atoms with Crippen LogP contribution in [-0.4, -0.2) is 73.8 Å². The zero-order valence-electron chi connectivity index (χ0n) is 21.3. The molecule has 1 aliphatic rings. The first kappa shape index (κ1) is 27.4. The molecule has 0 aliphatic carbocycles. The average molecular weight is 543 g/mol. The van der Waals surface area contributed by atoms with Gasteiger partial charge in [-0.2, -0.15) is 0 Å². The molecule has 3 aromatic rings. The molecule has 2 aromatic heterocycles. The molecular formula is C24H26N6O9. The van der Waals surface area contributed by atoms with Gasteiger partial charge in [-0.1, -0.05) is 30.3 Å². The van der Waals surface area contributed by atoms with E-state index in [9.17, 15) is 24.5 Å². The molecule has 15 nitrogen and oxygen atoms in total. The summed E-state index contributed by atoms with van der Waals surface area (Å²) in [7, 11) is 0. The number of nitrogens with zero attached hydrogens (tertiary/aromatic N) is 5. The molecule has 1 N–H and O–H groups in total. The molecule has 4 atom stereocenters. The Labute approximate surface area is 221 Å². The number of anilines is 1. The third-order valence-corrected chi connectivity index (χ3v) is 5.74. The number of carbonyl (C=O) groups is 3. The Morgan fingerprint density at radius 1 is 1.05 bits per heavy atom. The summed E-state index contributed by atoms with van der Waals surface area (Å²) in [6, 6.07) is 9.62. The molecule has 4 rings (SSSR count). The molecule has 1 aliphatic heterocycles. The van der Waals surface area contributed by atoms with Gasteiger partial charge < -0.3 is 34.4 Å². The minimum absolute atomic E-state index is 0.00998. The van der Waals surface area contributed by atoms with Gasteiger partial charge in [-0.15, -0.1) is 0 Å². The third-order valence-electron chi connectivity index (χ3n) is 5.74. The van der Waals surface area contributed by atoms with Gasteiger partial charge in [0.1, 0.15) is 19.0 Å². The Morgan fingerprint density at radius 3 is 2.38 bits per heavy atom. The molecule has 3 heterocycles. The lowest BCUT2D eigenvalue weighted by Gasteiger charge is -2.23. The monoisotopic (exact) mass is 542 g/mol. The molecule has 39 heavy (non-hydrogen) atoms. The largest absolute Gasteiger partial charge is 0.473 e. The zero-order chi connectivity index (χ0) is 28.1. The predicted molar refractivity (Wildman–Crippen MR) is 132 cm³/mol. The van der Waals surface area contributed by atoms with Gasteiger partial charge in [0.05, 0.1) is 0 Å². The molecule has 0 amide bonds. The Balaban J connectivity index is 1.71. The smallest absolute Gasteiger partial charge is 0.463 e. The van der Waals surface area contributed by atoms with E-state index in [1.165, 1.54) is 17.8 Å². The average Bonchev–Trinajstić information content (AvgIpc) is 3.44. The molecule has 0 unspecified atom stereocenters. The van der Waals surface area contributed by atoms with Crippen LogP contribution < -0.4 is 5.32 Å². The SMILES string of the molecule is CC(=O)OC[C@H]1O[C@@H](n2cnc3c(NCCc4ccccc4)nc([N+](=O)[O-])nc32)[C@@H](OC(C)=O)[C@@H]1OC(C)=O. The first-order valence-electron chi connectivity index (χ1n) is 11.9. The van der Waals surface area contributed by atoms with E-state index < -0.39 is 53.3 Å². The van der Waals surface area contributed by atoms with Gasteiger partial charge in [-0.3, -0.25) is 19.0 Å². The maximum absolute atomic E-state index is 12.0. The van der Waals surface area contributed by atoms with E-state index in [1.807, 2.05) is 30.3 Å². The van der Waals surface area contributed by atoms with E-state index in [1.54, 1.807) is 0 Å². The summed E-state index contributed by atoms with van der Waals surface area (Å²) in [6.45, 7) is 3.61. The number of imidazole rings is 1. The van der Waals surface area contributed by atoms with Crippen LogP contribution in [0.15, 0.2) is 36.7 Å². The van der Waals surface area contributed by atoms with Crippen LogP contribution in [0.1, 0.15) is 32.6 Å². The van der Waals surface area contributed by atoms with Crippen molar-refractivity contribution in [1.29, 1.82) is 0 Å². The maximum atomic E-state index is 12.0. The molecule has 1 fully saturated rings. The van der Waals surface area contributed by atoms with Gasteiger partial charge in [0.2, 0.25) is 11.5 Å². The second-order valence-electron chi connectivity index (χ2n) is 8.63. The van der Waals surface area contributed by atoms with Crippen molar-refractivity contribution in [2.75, 3.05) is 18.5 Å². The lowest BCUT2D eigenvalue weighted by molar-refractivity contribution is -0.394. The van der Waals surface area contributed by atoms with Gasteiger partial charge in [0.15, 0.2) is 24.0 Å². The minimum atomic E-state index is -1.21. The van der Waals surface area contributed by atoms with E-state index in [2.05, 4.69) is 20.3 Å². The van der Waals surface area contributed by atoms with Crippen LogP contribution in [0.2, 0.25) is 0 Å². The van der Waals surface area contributed by atoms with E-state index in [4.69, 9.17) is 18.9 Å². The van der Waals surface area contributed by atoms with Crippen molar-refractivity contribution < 1.29 is 38.3 Å². The summed E-state index contributed by atoms with van der Waals surface area (Å²) >= 11 is 0. The number of aromatic nitrogens is 4. The normalized spacial score (nSPS) is 20.4. The number of fused-ring (bicyclic) bond motifs is 1. The summed E-state index contributed by atoms with van der Waals surface area (Å²) in [5, 5.41) is 14.7. The third kappa shape index (κ3) is 6.43. The summed E-state index contributed by atoms with van der Waals surface area (Å²) in [5.74, 6) is -2.56. The van der Waals surface area contributed by atoms with Gasteiger partial charge in [-0.05, 0) is 26.9 Å².